The molecule has 3 rings (SSSR count). The van der Waals surface area contributed by atoms with E-state index in [1.54, 1.807) is 16.7 Å². The number of rotatable bonds is 3. The molecular weight excluding hydrogens is 352 g/mol. The topological polar surface area (TPSA) is 85.4 Å². The number of carbonyl (C=O) groups is 3. The molecule has 0 radical (unpaired) electrons. The smallest absolute Gasteiger partial charge is 0.355 e. The Hall–Kier alpha value is -2.87. The van der Waals surface area contributed by atoms with Gasteiger partial charge in [-0.25, -0.2) is 9.59 Å². The van der Waals surface area contributed by atoms with Gasteiger partial charge in [-0.15, -0.1) is 0 Å². The van der Waals surface area contributed by atoms with Crippen molar-refractivity contribution >= 4 is 23.5 Å². The number of anilines is 1. The van der Waals surface area contributed by atoms with Crippen molar-refractivity contribution in [3.63, 3.8) is 0 Å². The number of esters is 2. The van der Waals surface area contributed by atoms with Gasteiger partial charge in [-0.2, -0.15) is 0 Å². The zero-order chi connectivity index (χ0) is 19.6. The Morgan fingerprint density at radius 2 is 1.81 bits per heavy atom. The minimum Gasteiger partial charge on any atom is -0.466 e. The van der Waals surface area contributed by atoms with Gasteiger partial charge in [-0.05, 0) is 29.7 Å². The lowest BCUT2D eigenvalue weighted by Gasteiger charge is -2.33. The van der Waals surface area contributed by atoms with E-state index >= 15 is 0 Å². The first-order chi connectivity index (χ1) is 13.0. The van der Waals surface area contributed by atoms with E-state index in [0.717, 1.165) is 17.5 Å². The third-order valence-corrected chi connectivity index (χ3v) is 4.79. The van der Waals surface area contributed by atoms with Crippen LogP contribution in [-0.4, -0.2) is 56.8 Å². The fraction of sp³-hybridized carbons (Fsp3) is 0.421. The highest BCUT2D eigenvalue weighted by molar-refractivity contribution is 6.03. The van der Waals surface area contributed by atoms with Crippen LogP contribution in [0.25, 0.3) is 0 Å². The number of fused-ring (bicyclic) bond motifs is 1. The van der Waals surface area contributed by atoms with E-state index in [1.165, 1.54) is 14.2 Å². The summed E-state index contributed by atoms with van der Waals surface area (Å²) in [5, 5.41) is 0. The second-order valence-corrected chi connectivity index (χ2v) is 6.36. The Kier molecular flexibility index (Phi) is 5.46. The molecule has 2 aliphatic rings. The van der Waals surface area contributed by atoms with Crippen LogP contribution in [-0.2, 0) is 41.6 Å². The molecule has 144 valence electrons. The molecule has 0 saturated heterocycles. The molecule has 2 aliphatic heterocycles. The molecule has 8 nitrogen and oxygen atoms in total. The average Bonchev–Trinajstić information content (AvgIpc) is 2.71. The third kappa shape index (κ3) is 3.66. The van der Waals surface area contributed by atoms with Crippen molar-refractivity contribution in [2.24, 2.45) is 0 Å². The van der Waals surface area contributed by atoms with Crippen molar-refractivity contribution < 1.29 is 28.6 Å². The summed E-state index contributed by atoms with van der Waals surface area (Å²) in [5.41, 5.74) is 3.06. The highest BCUT2D eigenvalue weighted by Gasteiger charge is 2.33. The van der Waals surface area contributed by atoms with Crippen molar-refractivity contribution in [2.75, 3.05) is 39.0 Å². The molecule has 1 amide bonds. The molecule has 0 fully saturated rings. The number of methoxy groups -OCH3 is 2. The summed E-state index contributed by atoms with van der Waals surface area (Å²) >= 11 is 0. The maximum absolute atomic E-state index is 12.4. The van der Waals surface area contributed by atoms with Crippen molar-refractivity contribution in [1.29, 1.82) is 0 Å². The van der Waals surface area contributed by atoms with Crippen LogP contribution in [0, 0.1) is 0 Å². The monoisotopic (exact) mass is 374 g/mol. The summed E-state index contributed by atoms with van der Waals surface area (Å²) in [6.07, 6.45) is 0.777. The Morgan fingerprint density at radius 3 is 2.48 bits per heavy atom. The molecule has 27 heavy (non-hydrogen) atoms. The number of ether oxygens (including phenoxy) is 3. The van der Waals surface area contributed by atoms with E-state index in [4.69, 9.17) is 14.2 Å². The Morgan fingerprint density at radius 1 is 1.07 bits per heavy atom. The lowest BCUT2D eigenvalue weighted by molar-refractivity contribution is -0.140. The summed E-state index contributed by atoms with van der Waals surface area (Å²) in [6, 6.07) is 5.76. The van der Waals surface area contributed by atoms with E-state index in [-0.39, 0.29) is 30.5 Å². The van der Waals surface area contributed by atoms with E-state index < -0.39 is 11.9 Å². The minimum absolute atomic E-state index is 0.0236. The Bertz CT molecular complexity index is 816. The van der Waals surface area contributed by atoms with Crippen molar-refractivity contribution in [2.45, 2.75) is 19.9 Å². The van der Waals surface area contributed by atoms with Gasteiger partial charge in [0.15, 0.2) is 0 Å². The number of nitrogens with zero attached hydrogens (tertiary/aromatic N) is 2. The first-order valence-corrected chi connectivity index (χ1v) is 8.58. The van der Waals surface area contributed by atoms with Crippen LogP contribution >= 0.6 is 0 Å². The van der Waals surface area contributed by atoms with Crippen LogP contribution in [0.3, 0.4) is 0 Å². The molecule has 2 heterocycles. The van der Waals surface area contributed by atoms with Gasteiger partial charge in [0, 0.05) is 25.7 Å². The lowest BCUT2D eigenvalue weighted by Crippen LogP contribution is -2.39. The number of amides is 1. The van der Waals surface area contributed by atoms with Gasteiger partial charge >= 0.3 is 11.9 Å². The van der Waals surface area contributed by atoms with E-state index in [1.807, 2.05) is 18.2 Å². The molecule has 0 unspecified atom stereocenters. The summed E-state index contributed by atoms with van der Waals surface area (Å²) in [5.74, 6) is -1.25. The summed E-state index contributed by atoms with van der Waals surface area (Å²) < 4.78 is 15.1. The molecule has 0 N–H and O–H groups in total. The summed E-state index contributed by atoms with van der Waals surface area (Å²) in [4.78, 5) is 39.5. The molecule has 0 bridgehead atoms. The predicted octanol–water partition coefficient (Wildman–Crippen LogP) is 0.985. The highest BCUT2D eigenvalue weighted by Crippen LogP contribution is 2.30. The standard InChI is InChI=1S/C19H22N2O6/c1-12(22)20-7-6-13-4-5-15(8-14(13)9-20)21-11-27-10-16(18(23)25-2)17(21)19(24)26-3/h4-5,8H,6-7,9-11H2,1-3H3. The zero-order valence-corrected chi connectivity index (χ0v) is 15.6. The first kappa shape index (κ1) is 18.9. The number of hydrogen-bond acceptors (Lipinski definition) is 7. The van der Waals surface area contributed by atoms with Gasteiger partial charge in [0.05, 0.1) is 26.4 Å². The largest absolute Gasteiger partial charge is 0.466 e. The molecule has 1 aromatic rings. The third-order valence-electron chi connectivity index (χ3n) is 4.79. The molecule has 0 atom stereocenters. The van der Waals surface area contributed by atoms with Gasteiger partial charge < -0.3 is 24.0 Å². The van der Waals surface area contributed by atoms with Gasteiger partial charge in [0.1, 0.15) is 12.4 Å². The fourth-order valence-corrected chi connectivity index (χ4v) is 3.33. The quantitative estimate of drug-likeness (QED) is 0.729. The fourth-order valence-electron chi connectivity index (χ4n) is 3.33. The number of benzene rings is 1. The van der Waals surface area contributed by atoms with Crippen LogP contribution in [0.5, 0.6) is 0 Å². The van der Waals surface area contributed by atoms with Crippen LogP contribution in [0.1, 0.15) is 18.1 Å². The normalized spacial score (nSPS) is 16.7. The molecule has 8 heteroatoms. The molecular formula is C19H22N2O6. The first-order valence-electron chi connectivity index (χ1n) is 8.58. The van der Waals surface area contributed by atoms with Gasteiger partial charge in [0.25, 0.3) is 0 Å². The maximum Gasteiger partial charge on any atom is 0.355 e. The molecule has 0 aromatic heterocycles. The van der Waals surface area contributed by atoms with E-state index in [2.05, 4.69) is 0 Å². The van der Waals surface area contributed by atoms with Crippen LogP contribution < -0.4 is 4.90 Å². The maximum atomic E-state index is 12.4. The number of carbonyl (C=O) groups excluding carboxylic acids is 3. The van der Waals surface area contributed by atoms with Crippen molar-refractivity contribution in [3.8, 4) is 0 Å². The number of hydrogen-bond donors (Lipinski definition) is 0. The van der Waals surface area contributed by atoms with Crippen molar-refractivity contribution in [1.82, 2.24) is 4.90 Å². The van der Waals surface area contributed by atoms with Crippen molar-refractivity contribution in [3.05, 3.63) is 40.6 Å². The minimum atomic E-state index is -0.638. The molecule has 0 saturated carbocycles. The van der Waals surface area contributed by atoms with Crippen LogP contribution in [0.4, 0.5) is 5.69 Å². The lowest BCUT2D eigenvalue weighted by atomic mass is 9.98. The van der Waals surface area contributed by atoms with Crippen LogP contribution in [0.15, 0.2) is 29.5 Å². The van der Waals surface area contributed by atoms with Gasteiger partial charge in [0.2, 0.25) is 5.91 Å². The Labute approximate surface area is 157 Å². The predicted molar refractivity (Wildman–Crippen MR) is 95.6 cm³/mol. The average molecular weight is 374 g/mol. The molecule has 0 spiro atoms. The van der Waals surface area contributed by atoms with E-state index in [0.29, 0.717) is 18.8 Å². The summed E-state index contributed by atoms with van der Waals surface area (Å²) in [6.45, 7) is 2.81. The molecule has 0 aliphatic carbocycles. The van der Waals surface area contributed by atoms with E-state index in [9.17, 15) is 14.4 Å². The highest BCUT2D eigenvalue weighted by atomic mass is 16.5. The van der Waals surface area contributed by atoms with Gasteiger partial charge in [-0.1, -0.05) is 6.07 Å². The Balaban J connectivity index is 2.01. The second kappa shape index (κ2) is 7.79. The van der Waals surface area contributed by atoms with Crippen LogP contribution in [0.2, 0.25) is 0 Å². The summed E-state index contributed by atoms with van der Waals surface area (Å²) in [7, 11) is 2.51. The zero-order valence-electron chi connectivity index (χ0n) is 15.6. The SMILES string of the molecule is COC(=O)C1=C(C(=O)OC)N(c2ccc3c(c2)CN(C(C)=O)CC3)COC1. The van der Waals surface area contributed by atoms with Gasteiger partial charge in [-0.3, -0.25) is 4.79 Å². The second-order valence-electron chi connectivity index (χ2n) is 6.36. The molecule has 1 aromatic carbocycles.